The summed E-state index contributed by atoms with van der Waals surface area (Å²) in [5.74, 6) is 0. The minimum absolute atomic E-state index is 1.27. The molecule has 0 amide bonds. The Morgan fingerprint density at radius 2 is 0.540 bits per heavy atom. The molecule has 0 aromatic heterocycles. The molecule has 0 radical (unpaired) electrons. The van der Waals surface area contributed by atoms with Crippen LogP contribution in [0.5, 0.6) is 0 Å². The minimum Gasteiger partial charge on any atom is -0.0616 e. The topological polar surface area (TPSA) is 0 Å². The quantitative estimate of drug-likeness (QED) is 0.168. The highest BCUT2D eigenvalue weighted by atomic mass is 14.2. The molecular weight excluding hydrogens is 601 g/mol. The van der Waals surface area contributed by atoms with E-state index in [0.717, 1.165) is 0 Å². The monoisotopic (exact) mass is 638 g/mol. The molecule has 0 heteroatoms. The van der Waals surface area contributed by atoms with Gasteiger partial charge in [0.25, 0.3) is 0 Å². The van der Waals surface area contributed by atoms with Crippen molar-refractivity contribution in [3.63, 3.8) is 0 Å². The summed E-state index contributed by atoms with van der Waals surface area (Å²) in [5, 5.41) is 10.3. The van der Waals surface area contributed by atoms with Crippen LogP contribution in [0.2, 0.25) is 0 Å². The summed E-state index contributed by atoms with van der Waals surface area (Å²) in [7, 11) is 0. The highest BCUT2D eigenvalue weighted by Gasteiger charge is 2.22. The predicted octanol–water partition coefficient (Wildman–Crippen LogP) is 14.2. The van der Waals surface area contributed by atoms with Crippen LogP contribution in [0.25, 0.3) is 87.6 Å². The molecule has 0 nitrogen and oxygen atoms in total. The van der Waals surface area contributed by atoms with E-state index in [-0.39, 0.29) is 0 Å². The first kappa shape index (κ1) is 30.1. The molecule has 0 aliphatic rings. The van der Waals surface area contributed by atoms with Gasteiger partial charge in [-0.25, -0.2) is 0 Å². The van der Waals surface area contributed by atoms with Crippen LogP contribution in [0.15, 0.2) is 158 Å². The Morgan fingerprint density at radius 1 is 0.260 bits per heavy atom. The van der Waals surface area contributed by atoms with E-state index in [0.29, 0.717) is 0 Å². The van der Waals surface area contributed by atoms with Gasteiger partial charge in [-0.3, -0.25) is 0 Å². The van der Waals surface area contributed by atoms with Gasteiger partial charge in [0.2, 0.25) is 0 Å². The van der Waals surface area contributed by atoms with Crippen LogP contribution in [0.4, 0.5) is 0 Å². The van der Waals surface area contributed by atoms with E-state index in [1.807, 2.05) is 0 Å². The van der Waals surface area contributed by atoms with Gasteiger partial charge in [0, 0.05) is 0 Å². The van der Waals surface area contributed by atoms with E-state index in [1.54, 1.807) is 0 Å². The lowest BCUT2D eigenvalue weighted by Gasteiger charge is -2.23. The number of benzene rings is 9. The normalized spacial score (nSPS) is 11.6. The maximum Gasteiger partial charge on any atom is -0.00210 e. The van der Waals surface area contributed by atoms with Crippen molar-refractivity contribution >= 4 is 43.1 Å². The van der Waals surface area contributed by atoms with Crippen molar-refractivity contribution in [2.24, 2.45) is 0 Å². The minimum atomic E-state index is 1.27. The van der Waals surface area contributed by atoms with Gasteiger partial charge in [0.15, 0.2) is 0 Å². The second-order valence-corrected chi connectivity index (χ2v) is 13.9. The second kappa shape index (κ2) is 11.9. The molecule has 0 fully saturated rings. The van der Waals surface area contributed by atoms with E-state index in [9.17, 15) is 0 Å². The molecule has 0 N–H and O–H groups in total. The molecule has 9 aromatic rings. The first-order valence-electron chi connectivity index (χ1n) is 17.6. The molecule has 0 saturated carbocycles. The fraction of sp³-hybridized carbons (Fsp3) is 0.0800. The van der Waals surface area contributed by atoms with Gasteiger partial charge < -0.3 is 0 Å². The summed E-state index contributed by atoms with van der Waals surface area (Å²) in [6, 6.07) is 58.3. The van der Waals surface area contributed by atoms with Crippen LogP contribution < -0.4 is 0 Å². The Balaban J connectivity index is 1.28. The lowest BCUT2D eigenvalue weighted by molar-refractivity contribution is 1.38. The molecule has 0 atom stereocenters. The van der Waals surface area contributed by atoms with Crippen LogP contribution in [0.3, 0.4) is 0 Å². The molecular formula is C50H38. The number of hydrogen-bond acceptors (Lipinski definition) is 0. The molecule has 9 rings (SSSR count). The third kappa shape index (κ3) is 4.75. The summed E-state index contributed by atoms with van der Waals surface area (Å²) in [6.07, 6.45) is 0. The molecule has 50 heavy (non-hydrogen) atoms. The van der Waals surface area contributed by atoms with Crippen molar-refractivity contribution in [2.75, 3.05) is 0 Å². The van der Waals surface area contributed by atoms with Crippen LogP contribution in [-0.4, -0.2) is 0 Å². The maximum absolute atomic E-state index is 2.39. The van der Waals surface area contributed by atoms with Gasteiger partial charge in [-0.05, 0) is 138 Å². The summed E-state index contributed by atoms with van der Waals surface area (Å²) in [6.45, 7) is 9.15. The summed E-state index contributed by atoms with van der Waals surface area (Å²) < 4.78 is 0. The summed E-state index contributed by atoms with van der Waals surface area (Å²) in [5.41, 5.74) is 15.6. The van der Waals surface area contributed by atoms with Crippen molar-refractivity contribution in [1.29, 1.82) is 0 Å². The van der Waals surface area contributed by atoms with Gasteiger partial charge >= 0.3 is 0 Å². The maximum atomic E-state index is 2.39. The van der Waals surface area contributed by atoms with Crippen molar-refractivity contribution in [3.05, 3.63) is 180 Å². The van der Waals surface area contributed by atoms with Crippen molar-refractivity contribution in [3.8, 4) is 44.5 Å². The van der Waals surface area contributed by atoms with E-state index >= 15 is 0 Å². The van der Waals surface area contributed by atoms with Crippen LogP contribution in [0.1, 0.15) is 22.3 Å². The Bertz CT molecular complexity index is 2490. The fourth-order valence-corrected chi connectivity index (χ4v) is 8.65. The van der Waals surface area contributed by atoms with E-state index in [4.69, 9.17) is 0 Å². The number of aryl methyl sites for hydroxylation is 4. The van der Waals surface area contributed by atoms with E-state index in [2.05, 4.69) is 185 Å². The summed E-state index contributed by atoms with van der Waals surface area (Å²) in [4.78, 5) is 0. The zero-order chi connectivity index (χ0) is 33.9. The first-order valence-corrected chi connectivity index (χ1v) is 17.6. The van der Waals surface area contributed by atoms with Gasteiger partial charge in [-0.1, -0.05) is 158 Å². The summed E-state index contributed by atoms with van der Waals surface area (Å²) >= 11 is 0. The molecule has 0 saturated heterocycles. The van der Waals surface area contributed by atoms with Crippen LogP contribution in [0, 0.1) is 27.7 Å². The van der Waals surface area contributed by atoms with Crippen LogP contribution >= 0.6 is 0 Å². The van der Waals surface area contributed by atoms with E-state index < -0.39 is 0 Å². The standard InChI is InChI=1S/C50H38/c1-31-27-37(41-25-13-17-35-15-5-7-19-39(35)41)28-32(2)47(31)49-43-21-9-11-23-45(43)50(46-24-12-10-22-44(46)49)48-33(3)29-38(30-34(48)4)42-26-14-18-36-16-6-8-20-40(36)42/h5-30H,1-4H3. The van der Waals surface area contributed by atoms with Gasteiger partial charge in [0.05, 0.1) is 0 Å². The van der Waals surface area contributed by atoms with Crippen molar-refractivity contribution in [2.45, 2.75) is 27.7 Å². The van der Waals surface area contributed by atoms with Gasteiger partial charge in [-0.15, -0.1) is 0 Å². The number of rotatable bonds is 4. The zero-order valence-corrected chi connectivity index (χ0v) is 29.0. The highest BCUT2D eigenvalue weighted by molar-refractivity contribution is 6.22. The Morgan fingerprint density at radius 3 is 0.880 bits per heavy atom. The Labute approximate surface area is 294 Å². The Kier molecular flexibility index (Phi) is 7.14. The average Bonchev–Trinajstić information content (AvgIpc) is 3.14. The molecule has 238 valence electrons. The SMILES string of the molecule is Cc1cc(-c2cccc3ccccc23)cc(C)c1-c1c2ccccc2c(-c2c(C)cc(-c3cccc4ccccc34)cc2C)c2ccccc12. The molecule has 9 aromatic carbocycles. The predicted molar refractivity (Wildman–Crippen MR) is 217 cm³/mol. The number of fused-ring (bicyclic) bond motifs is 4. The lowest BCUT2D eigenvalue weighted by Crippen LogP contribution is -1.97. The zero-order valence-electron chi connectivity index (χ0n) is 29.0. The molecule has 0 aliphatic carbocycles. The highest BCUT2D eigenvalue weighted by Crippen LogP contribution is 2.48. The fourth-order valence-electron chi connectivity index (χ4n) is 8.65. The Hall–Kier alpha value is -5.98. The molecule has 0 spiro atoms. The lowest BCUT2D eigenvalue weighted by atomic mass is 9.80. The van der Waals surface area contributed by atoms with Gasteiger partial charge in [0.1, 0.15) is 0 Å². The largest absolute Gasteiger partial charge is 0.0616 e. The first-order chi connectivity index (χ1) is 24.5. The van der Waals surface area contributed by atoms with Crippen molar-refractivity contribution in [1.82, 2.24) is 0 Å². The molecule has 0 aliphatic heterocycles. The van der Waals surface area contributed by atoms with Crippen molar-refractivity contribution < 1.29 is 0 Å². The van der Waals surface area contributed by atoms with Crippen LogP contribution in [-0.2, 0) is 0 Å². The molecule has 0 heterocycles. The van der Waals surface area contributed by atoms with Gasteiger partial charge in [-0.2, -0.15) is 0 Å². The van der Waals surface area contributed by atoms with E-state index in [1.165, 1.54) is 110 Å². The third-order valence-corrected chi connectivity index (χ3v) is 10.7. The molecule has 0 bridgehead atoms. The molecule has 0 unspecified atom stereocenters. The third-order valence-electron chi connectivity index (χ3n) is 10.7. The average molecular weight is 639 g/mol. The number of hydrogen-bond donors (Lipinski definition) is 0. The smallest absolute Gasteiger partial charge is 0.00210 e. The second-order valence-electron chi connectivity index (χ2n) is 13.9.